The summed E-state index contributed by atoms with van der Waals surface area (Å²) in [5.41, 5.74) is 1.39. The van der Waals surface area contributed by atoms with Gasteiger partial charge in [0.1, 0.15) is 0 Å². The highest BCUT2D eigenvalue weighted by Gasteiger charge is 2.43. The molecule has 1 aliphatic rings. The Kier molecular flexibility index (Phi) is 7.35. The molecule has 11 heteroatoms. The fraction of sp³-hybridized carbons (Fsp3) is 0.381. The molecule has 2 aromatic rings. The number of nitriles is 1. The number of rotatable bonds is 5. The van der Waals surface area contributed by atoms with Gasteiger partial charge in [0, 0.05) is 18.1 Å². The van der Waals surface area contributed by atoms with Crippen molar-refractivity contribution in [3.63, 3.8) is 0 Å². The predicted octanol–water partition coefficient (Wildman–Crippen LogP) is 4.02. The highest BCUT2D eigenvalue weighted by Crippen LogP contribution is 2.40. The van der Waals surface area contributed by atoms with Crippen molar-refractivity contribution < 1.29 is 21.6 Å². The van der Waals surface area contributed by atoms with E-state index in [1.807, 2.05) is 0 Å². The minimum Gasteiger partial charge on any atom is -0.325 e. The molecular formula is C21H22F3N5O2S. The lowest BCUT2D eigenvalue weighted by atomic mass is 9.88. The summed E-state index contributed by atoms with van der Waals surface area (Å²) in [6.45, 7) is 0.180. The van der Waals surface area contributed by atoms with Crippen LogP contribution in [0, 0.1) is 17.4 Å². The molecule has 1 aliphatic carbocycles. The largest absolute Gasteiger partial charge is 0.391 e. The maximum atomic E-state index is 12.8. The molecule has 0 radical (unpaired) electrons. The number of benzene rings is 1. The SMILES string of the molecule is N#CNC(=NCc1ccc(S(=O)(=O)C2CCC(C(F)(F)F)CC2)cc1)Nc1ccncc1. The molecule has 0 spiro atoms. The molecule has 1 heterocycles. The van der Waals surface area contributed by atoms with Gasteiger partial charge in [0.15, 0.2) is 16.0 Å². The summed E-state index contributed by atoms with van der Waals surface area (Å²) in [6.07, 6.45) is 0.357. The average Bonchev–Trinajstić information content (AvgIpc) is 2.78. The number of nitrogens with one attached hydrogen (secondary N) is 2. The molecule has 0 saturated heterocycles. The number of anilines is 1. The highest BCUT2D eigenvalue weighted by atomic mass is 32.2. The van der Waals surface area contributed by atoms with Crippen molar-refractivity contribution in [1.29, 1.82) is 5.26 Å². The molecule has 0 atom stereocenters. The molecule has 0 unspecified atom stereocenters. The van der Waals surface area contributed by atoms with Crippen molar-refractivity contribution >= 4 is 21.5 Å². The molecular weight excluding hydrogens is 443 g/mol. The van der Waals surface area contributed by atoms with Crippen LogP contribution in [0.1, 0.15) is 31.2 Å². The Morgan fingerprint density at radius 3 is 2.28 bits per heavy atom. The van der Waals surface area contributed by atoms with E-state index in [0.29, 0.717) is 11.3 Å². The lowest BCUT2D eigenvalue weighted by Crippen LogP contribution is -2.33. The van der Waals surface area contributed by atoms with E-state index in [2.05, 4.69) is 20.6 Å². The van der Waals surface area contributed by atoms with Crippen molar-refractivity contribution in [3.8, 4) is 6.19 Å². The Bertz CT molecular complexity index is 1070. The van der Waals surface area contributed by atoms with E-state index in [1.54, 1.807) is 42.9 Å². The fourth-order valence-electron chi connectivity index (χ4n) is 3.58. The van der Waals surface area contributed by atoms with Crippen LogP contribution in [0.2, 0.25) is 0 Å². The molecule has 2 N–H and O–H groups in total. The van der Waals surface area contributed by atoms with Crippen LogP contribution in [0.3, 0.4) is 0 Å². The molecule has 1 aromatic carbocycles. The van der Waals surface area contributed by atoms with Gasteiger partial charge < -0.3 is 5.32 Å². The first kappa shape index (κ1) is 23.5. The second-order valence-electron chi connectivity index (χ2n) is 7.47. The Hall–Kier alpha value is -3.13. The monoisotopic (exact) mass is 465 g/mol. The topological polar surface area (TPSA) is 107 Å². The number of guanidine groups is 1. The van der Waals surface area contributed by atoms with Crippen LogP contribution in [-0.2, 0) is 16.4 Å². The van der Waals surface area contributed by atoms with Crippen LogP contribution in [-0.4, -0.2) is 30.8 Å². The van der Waals surface area contributed by atoms with Crippen LogP contribution in [0.25, 0.3) is 0 Å². The summed E-state index contributed by atoms with van der Waals surface area (Å²) >= 11 is 0. The predicted molar refractivity (Wildman–Crippen MR) is 113 cm³/mol. The number of pyridine rings is 1. The number of aromatic nitrogens is 1. The van der Waals surface area contributed by atoms with Gasteiger partial charge >= 0.3 is 6.18 Å². The van der Waals surface area contributed by atoms with E-state index >= 15 is 0 Å². The van der Waals surface area contributed by atoms with E-state index in [9.17, 15) is 21.6 Å². The lowest BCUT2D eigenvalue weighted by molar-refractivity contribution is -0.181. The summed E-state index contributed by atoms with van der Waals surface area (Å²) in [5.74, 6) is -1.21. The minimum absolute atomic E-state index is 0.00240. The zero-order valence-electron chi connectivity index (χ0n) is 17.0. The quantitative estimate of drug-likeness (QED) is 0.299. The smallest absolute Gasteiger partial charge is 0.325 e. The van der Waals surface area contributed by atoms with Crippen LogP contribution in [0.15, 0.2) is 58.7 Å². The van der Waals surface area contributed by atoms with Gasteiger partial charge in [-0.05, 0) is 55.5 Å². The van der Waals surface area contributed by atoms with Gasteiger partial charge in [-0.25, -0.2) is 13.4 Å². The Morgan fingerprint density at radius 2 is 1.72 bits per heavy atom. The summed E-state index contributed by atoms with van der Waals surface area (Å²) in [4.78, 5) is 8.28. The van der Waals surface area contributed by atoms with Gasteiger partial charge in [-0.1, -0.05) is 12.1 Å². The molecule has 0 amide bonds. The zero-order chi connectivity index (χ0) is 23.2. The molecule has 1 aromatic heterocycles. The Labute approximate surface area is 184 Å². The maximum Gasteiger partial charge on any atom is 0.391 e. The molecule has 0 bridgehead atoms. The van der Waals surface area contributed by atoms with E-state index < -0.39 is 27.2 Å². The summed E-state index contributed by atoms with van der Waals surface area (Å²) < 4.78 is 64.2. The standard InChI is InChI=1S/C21H22F3N5O2S/c22-21(23,24)16-3-7-19(8-4-16)32(30,31)18-5-1-15(2-6-18)13-27-20(28-14-25)29-17-9-11-26-12-10-17/h1-2,5-6,9-12,16,19H,3-4,7-8,13H2,(H2,26,27,28,29). The number of hydrogen-bond donors (Lipinski definition) is 2. The van der Waals surface area contributed by atoms with E-state index in [4.69, 9.17) is 5.26 Å². The molecule has 1 fully saturated rings. The third kappa shape index (κ3) is 5.97. The molecule has 32 heavy (non-hydrogen) atoms. The fourth-order valence-corrected chi connectivity index (χ4v) is 5.38. The number of halogens is 3. The Morgan fingerprint density at radius 1 is 1.09 bits per heavy atom. The van der Waals surface area contributed by atoms with Gasteiger partial charge in [0.25, 0.3) is 0 Å². The summed E-state index contributed by atoms with van der Waals surface area (Å²) in [5, 5.41) is 13.5. The molecule has 170 valence electrons. The third-order valence-electron chi connectivity index (χ3n) is 5.36. The van der Waals surface area contributed by atoms with Gasteiger partial charge in [-0.3, -0.25) is 10.3 Å². The number of nitrogens with zero attached hydrogens (tertiary/aromatic N) is 3. The van der Waals surface area contributed by atoms with Crippen LogP contribution >= 0.6 is 0 Å². The maximum absolute atomic E-state index is 12.8. The third-order valence-corrected chi connectivity index (χ3v) is 7.64. The average molecular weight is 466 g/mol. The zero-order valence-corrected chi connectivity index (χ0v) is 17.8. The molecule has 7 nitrogen and oxygen atoms in total. The lowest BCUT2D eigenvalue weighted by Gasteiger charge is -2.29. The van der Waals surface area contributed by atoms with E-state index in [1.165, 1.54) is 12.1 Å². The molecule has 0 aliphatic heterocycles. The van der Waals surface area contributed by atoms with Crippen LogP contribution < -0.4 is 10.6 Å². The van der Waals surface area contributed by atoms with Crippen LogP contribution in [0.5, 0.6) is 0 Å². The van der Waals surface area contributed by atoms with Gasteiger partial charge in [0.2, 0.25) is 5.96 Å². The number of hydrogen-bond acceptors (Lipinski definition) is 5. The molecule has 3 rings (SSSR count). The van der Waals surface area contributed by atoms with Gasteiger partial charge in [-0.2, -0.15) is 18.4 Å². The van der Waals surface area contributed by atoms with E-state index in [0.717, 1.165) is 0 Å². The van der Waals surface area contributed by atoms with Gasteiger partial charge in [-0.15, -0.1) is 0 Å². The van der Waals surface area contributed by atoms with Crippen molar-refractivity contribution in [2.24, 2.45) is 10.9 Å². The van der Waals surface area contributed by atoms with Crippen molar-refractivity contribution in [2.45, 2.75) is 48.5 Å². The second-order valence-corrected chi connectivity index (χ2v) is 9.69. The highest BCUT2D eigenvalue weighted by molar-refractivity contribution is 7.92. The van der Waals surface area contributed by atoms with E-state index in [-0.39, 0.29) is 43.1 Å². The first-order chi connectivity index (χ1) is 15.2. The normalized spacial score (nSPS) is 19.8. The second kappa shape index (κ2) is 9.99. The van der Waals surface area contributed by atoms with Gasteiger partial charge in [0.05, 0.1) is 22.6 Å². The number of sulfone groups is 1. The summed E-state index contributed by atoms with van der Waals surface area (Å²) in [6, 6.07) is 9.52. The number of alkyl halides is 3. The summed E-state index contributed by atoms with van der Waals surface area (Å²) in [7, 11) is -3.71. The Balaban J connectivity index is 1.65. The minimum atomic E-state index is -4.28. The number of aliphatic imine (C=N–C) groups is 1. The van der Waals surface area contributed by atoms with Crippen molar-refractivity contribution in [2.75, 3.05) is 5.32 Å². The first-order valence-corrected chi connectivity index (χ1v) is 11.5. The van der Waals surface area contributed by atoms with Crippen molar-refractivity contribution in [1.82, 2.24) is 10.3 Å². The molecule has 1 saturated carbocycles. The van der Waals surface area contributed by atoms with Crippen LogP contribution in [0.4, 0.5) is 18.9 Å². The first-order valence-electron chi connectivity index (χ1n) is 9.96. The van der Waals surface area contributed by atoms with Crippen molar-refractivity contribution in [3.05, 3.63) is 54.4 Å².